The molecule has 0 radical (unpaired) electrons. The van der Waals surface area contributed by atoms with Crippen molar-refractivity contribution in [2.45, 2.75) is 11.8 Å². The number of amides is 2. The Morgan fingerprint density at radius 2 is 1.82 bits per heavy atom. The highest BCUT2D eigenvalue weighted by atomic mass is 32.2. The molecule has 1 rings (SSSR count). The summed E-state index contributed by atoms with van der Waals surface area (Å²) >= 11 is 0. The Kier molecular flexibility index (Phi) is 3.87. The van der Waals surface area contributed by atoms with Gasteiger partial charge in [-0.05, 0) is 31.2 Å². The van der Waals surface area contributed by atoms with Crippen LogP contribution in [0.1, 0.15) is 6.92 Å². The lowest BCUT2D eigenvalue weighted by Crippen LogP contribution is -2.26. The third kappa shape index (κ3) is 4.25. The zero-order valence-electron chi connectivity index (χ0n) is 9.10. The van der Waals surface area contributed by atoms with Crippen molar-refractivity contribution in [3.05, 3.63) is 36.5 Å². The van der Waals surface area contributed by atoms with Crippen LogP contribution in [-0.4, -0.2) is 19.0 Å². The highest BCUT2D eigenvalue weighted by molar-refractivity contribution is 7.85. The first-order chi connectivity index (χ1) is 7.79. The molecule has 0 aromatic heterocycles. The first-order valence-electron chi connectivity index (χ1n) is 4.60. The van der Waals surface area contributed by atoms with Gasteiger partial charge in [0.2, 0.25) is 0 Å². The number of benzene rings is 1. The molecule has 0 unspecified atom stereocenters. The van der Waals surface area contributed by atoms with Crippen LogP contribution in [0.25, 0.3) is 0 Å². The molecule has 7 heteroatoms. The summed E-state index contributed by atoms with van der Waals surface area (Å²) in [6, 6.07) is 4.62. The van der Waals surface area contributed by atoms with E-state index < -0.39 is 16.1 Å². The summed E-state index contributed by atoms with van der Waals surface area (Å²) in [6.07, 6.45) is 0. The van der Waals surface area contributed by atoms with Crippen LogP contribution >= 0.6 is 0 Å². The second-order valence-corrected chi connectivity index (χ2v) is 4.78. The fourth-order valence-electron chi connectivity index (χ4n) is 1.07. The van der Waals surface area contributed by atoms with Gasteiger partial charge in [0.25, 0.3) is 10.1 Å². The summed E-state index contributed by atoms with van der Waals surface area (Å²) in [7, 11) is -4.21. The summed E-state index contributed by atoms with van der Waals surface area (Å²) < 4.78 is 30.3. The number of anilines is 1. The Labute approximate surface area is 99.1 Å². The van der Waals surface area contributed by atoms with Crippen LogP contribution in [0.2, 0.25) is 0 Å². The quantitative estimate of drug-likeness (QED) is 0.715. The Hall–Kier alpha value is -1.86. The second kappa shape index (κ2) is 4.98. The molecule has 1 aromatic carbocycles. The van der Waals surface area contributed by atoms with Crippen LogP contribution in [0.3, 0.4) is 0 Å². The number of carbonyl (C=O) groups excluding carboxylic acids is 1. The van der Waals surface area contributed by atoms with Crippen LogP contribution in [0.4, 0.5) is 10.5 Å². The standard InChI is InChI=1S/C10H12N2O4S/c1-7(2)11-10(13)12-8-3-5-9(6-4-8)17(14,15)16/h3-6H,1H2,2H3,(H2,11,12,13)(H,14,15,16). The lowest BCUT2D eigenvalue weighted by Gasteiger charge is -2.07. The Morgan fingerprint density at radius 3 is 2.24 bits per heavy atom. The molecule has 0 spiro atoms. The number of hydrogen-bond acceptors (Lipinski definition) is 3. The first kappa shape index (κ1) is 13.2. The lowest BCUT2D eigenvalue weighted by molar-refractivity contribution is 0.254. The zero-order chi connectivity index (χ0) is 13.1. The van der Waals surface area contributed by atoms with E-state index in [1.807, 2.05) is 0 Å². The van der Waals surface area contributed by atoms with E-state index in [-0.39, 0.29) is 4.90 Å². The van der Waals surface area contributed by atoms with Crippen molar-refractivity contribution in [3.63, 3.8) is 0 Å². The van der Waals surface area contributed by atoms with Gasteiger partial charge in [-0.1, -0.05) is 6.58 Å². The zero-order valence-corrected chi connectivity index (χ0v) is 9.91. The van der Waals surface area contributed by atoms with Crippen molar-refractivity contribution in [1.82, 2.24) is 5.32 Å². The monoisotopic (exact) mass is 256 g/mol. The van der Waals surface area contributed by atoms with E-state index in [0.29, 0.717) is 11.4 Å². The van der Waals surface area contributed by atoms with E-state index in [2.05, 4.69) is 17.2 Å². The number of hydrogen-bond donors (Lipinski definition) is 3. The highest BCUT2D eigenvalue weighted by Gasteiger charge is 2.09. The fraction of sp³-hybridized carbons (Fsp3) is 0.100. The molecule has 0 aliphatic heterocycles. The predicted octanol–water partition coefficient (Wildman–Crippen LogP) is 1.59. The summed E-state index contributed by atoms with van der Waals surface area (Å²) in [6.45, 7) is 5.12. The van der Waals surface area contributed by atoms with Gasteiger partial charge in [-0.3, -0.25) is 4.55 Å². The van der Waals surface area contributed by atoms with Crippen molar-refractivity contribution < 1.29 is 17.8 Å². The smallest absolute Gasteiger partial charge is 0.312 e. The third-order valence-corrected chi connectivity index (χ3v) is 2.60. The number of nitrogens with one attached hydrogen (secondary N) is 2. The maximum absolute atomic E-state index is 11.3. The van der Waals surface area contributed by atoms with Crippen LogP contribution < -0.4 is 10.6 Å². The van der Waals surface area contributed by atoms with Crippen molar-refractivity contribution in [2.75, 3.05) is 5.32 Å². The van der Waals surface area contributed by atoms with Gasteiger partial charge < -0.3 is 10.6 Å². The van der Waals surface area contributed by atoms with Gasteiger partial charge in [0, 0.05) is 11.4 Å². The molecule has 0 saturated heterocycles. The van der Waals surface area contributed by atoms with Gasteiger partial charge in [-0.2, -0.15) is 8.42 Å². The Balaban J connectivity index is 2.76. The van der Waals surface area contributed by atoms with Gasteiger partial charge in [-0.15, -0.1) is 0 Å². The van der Waals surface area contributed by atoms with E-state index in [1.54, 1.807) is 6.92 Å². The van der Waals surface area contributed by atoms with Gasteiger partial charge in [-0.25, -0.2) is 4.79 Å². The van der Waals surface area contributed by atoms with Crippen molar-refractivity contribution >= 4 is 21.8 Å². The van der Waals surface area contributed by atoms with Crippen molar-refractivity contribution in [3.8, 4) is 0 Å². The molecule has 17 heavy (non-hydrogen) atoms. The number of carbonyl (C=O) groups is 1. The average Bonchev–Trinajstić information content (AvgIpc) is 2.15. The van der Waals surface area contributed by atoms with E-state index in [9.17, 15) is 13.2 Å². The van der Waals surface area contributed by atoms with E-state index >= 15 is 0 Å². The van der Waals surface area contributed by atoms with Crippen molar-refractivity contribution in [2.24, 2.45) is 0 Å². The second-order valence-electron chi connectivity index (χ2n) is 3.36. The SMILES string of the molecule is C=C(C)NC(=O)Nc1ccc(S(=O)(=O)O)cc1. The molecule has 0 atom stereocenters. The van der Waals surface area contributed by atoms with E-state index in [1.165, 1.54) is 24.3 Å². The third-order valence-electron chi connectivity index (χ3n) is 1.74. The minimum absolute atomic E-state index is 0.233. The van der Waals surface area contributed by atoms with E-state index in [4.69, 9.17) is 4.55 Å². The van der Waals surface area contributed by atoms with E-state index in [0.717, 1.165) is 0 Å². The molecular formula is C10H12N2O4S. The van der Waals surface area contributed by atoms with Crippen LogP contribution in [0.5, 0.6) is 0 Å². The molecule has 2 amide bonds. The summed E-state index contributed by atoms with van der Waals surface area (Å²) in [5.41, 5.74) is 0.883. The number of urea groups is 1. The molecule has 0 bridgehead atoms. The van der Waals surface area contributed by atoms with Gasteiger partial charge in [0.15, 0.2) is 0 Å². The molecule has 6 nitrogen and oxygen atoms in total. The molecule has 3 N–H and O–H groups in total. The Bertz CT molecular complexity index is 534. The molecule has 0 aliphatic rings. The van der Waals surface area contributed by atoms with Crippen LogP contribution in [-0.2, 0) is 10.1 Å². The average molecular weight is 256 g/mol. The first-order valence-corrected chi connectivity index (χ1v) is 6.04. The predicted molar refractivity (Wildman–Crippen MR) is 63.2 cm³/mol. The minimum Gasteiger partial charge on any atom is -0.312 e. The number of allylic oxidation sites excluding steroid dienone is 1. The number of rotatable bonds is 3. The fourth-order valence-corrected chi connectivity index (χ4v) is 1.55. The largest absolute Gasteiger partial charge is 0.323 e. The lowest BCUT2D eigenvalue weighted by atomic mass is 10.3. The Morgan fingerprint density at radius 1 is 1.29 bits per heavy atom. The maximum atomic E-state index is 11.3. The molecule has 0 fully saturated rings. The summed E-state index contributed by atoms with van der Waals surface area (Å²) in [5.74, 6) is 0. The van der Waals surface area contributed by atoms with Crippen LogP contribution in [0, 0.1) is 0 Å². The molecular weight excluding hydrogens is 244 g/mol. The van der Waals surface area contributed by atoms with Gasteiger partial charge in [0.05, 0.1) is 4.90 Å². The molecule has 0 heterocycles. The summed E-state index contributed by atoms with van der Waals surface area (Å²) in [5, 5.41) is 4.89. The molecule has 1 aromatic rings. The van der Waals surface area contributed by atoms with Crippen molar-refractivity contribution in [1.29, 1.82) is 0 Å². The molecule has 0 saturated carbocycles. The topological polar surface area (TPSA) is 95.5 Å². The van der Waals surface area contributed by atoms with Gasteiger partial charge in [0.1, 0.15) is 0 Å². The van der Waals surface area contributed by atoms with Gasteiger partial charge >= 0.3 is 6.03 Å². The maximum Gasteiger partial charge on any atom is 0.323 e. The minimum atomic E-state index is -4.21. The molecule has 92 valence electrons. The van der Waals surface area contributed by atoms with Crippen LogP contribution in [0.15, 0.2) is 41.4 Å². The highest BCUT2D eigenvalue weighted by Crippen LogP contribution is 2.13. The molecule has 0 aliphatic carbocycles. The normalized spacial score (nSPS) is 10.7. The summed E-state index contributed by atoms with van der Waals surface area (Å²) in [4.78, 5) is 11.0.